The molecule has 5 rings (SSSR count). The van der Waals surface area contributed by atoms with E-state index < -0.39 is 23.2 Å². The second-order valence-corrected chi connectivity index (χ2v) is 10.5. The number of alkyl halides is 1. The Hall–Kier alpha value is -1.82. The third-order valence-corrected chi connectivity index (χ3v) is 9.03. The van der Waals surface area contributed by atoms with E-state index in [9.17, 15) is 14.4 Å². The van der Waals surface area contributed by atoms with Crippen LogP contribution in [0.4, 0.5) is 4.39 Å². The van der Waals surface area contributed by atoms with E-state index in [2.05, 4.69) is 13.8 Å². The molecule has 1 heterocycles. The Morgan fingerprint density at radius 2 is 2.00 bits per heavy atom. The molecule has 1 aliphatic heterocycles. The summed E-state index contributed by atoms with van der Waals surface area (Å²) >= 11 is 0. The highest BCUT2D eigenvalue weighted by Crippen LogP contribution is 2.76. The summed E-state index contributed by atoms with van der Waals surface area (Å²) in [5.41, 5.74) is -0.877. The molecule has 4 aliphatic carbocycles. The molecule has 0 amide bonds. The number of hydrogen-bond donors (Lipinski definition) is 0. The summed E-state index contributed by atoms with van der Waals surface area (Å²) in [5, 5.41) is 0. The second-order valence-electron chi connectivity index (χ2n) is 10.5. The minimum atomic E-state index is -1.18. The number of fused-ring (bicyclic) bond motifs is 3. The van der Waals surface area contributed by atoms with Gasteiger partial charge in [0.05, 0.1) is 6.10 Å². The summed E-state index contributed by atoms with van der Waals surface area (Å²) in [5.74, 6) is -0.603. The average molecular weight is 416 g/mol. The molecule has 1 saturated heterocycles. The van der Waals surface area contributed by atoms with Crippen LogP contribution in [0.15, 0.2) is 23.8 Å². The number of hydrogen-bond acceptors (Lipinski definition) is 5. The molecule has 162 valence electrons. The van der Waals surface area contributed by atoms with Gasteiger partial charge in [0.1, 0.15) is 18.4 Å². The fraction of sp³-hybridized carbons (Fsp3) is 0.708. The summed E-state index contributed by atoms with van der Waals surface area (Å²) < 4.78 is 26.8. The van der Waals surface area contributed by atoms with Gasteiger partial charge in [-0.15, -0.1) is 0 Å². The molecule has 5 aliphatic rings. The van der Waals surface area contributed by atoms with Crippen molar-refractivity contribution in [1.82, 2.24) is 0 Å². The summed E-state index contributed by atoms with van der Waals surface area (Å²) in [6, 6.07) is 0. The van der Waals surface area contributed by atoms with Crippen LogP contribution in [0.1, 0.15) is 47.0 Å². The highest BCUT2D eigenvalue weighted by atomic mass is 19.1. The van der Waals surface area contributed by atoms with Crippen molar-refractivity contribution in [3.8, 4) is 0 Å². The van der Waals surface area contributed by atoms with Gasteiger partial charge in [0.25, 0.3) is 0 Å². The topological polar surface area (TPSA) is 73.0 Å². The zero-order valence-electron chi connectivity index (χ0n) is 17.9. The number of allylic oxidation sites excluding steroid dienone is 2. The molecule has 3 saturated carbocycles. The van der Waals surface area contributed by atoms with Crippen LogP contribution < -0.4 is 0 Å². The normalized spacial score (nSPS) is 50.6. The molecule has 30 heavy (non-hydrogen) atoms. The van der Waals surface area contributed by atoms with Crippen LogP contribution in [0.2, 0.25) is 0 Å². The van der Waals surface area contributed by atoms with Gasteiger partial charge in [-0.2, -0.15) is 0 Å². The molecule has 0 N–H and O–H groups in total. The minimum Gasteiger partial charge on any atom is -0.458 e. The van der Waals surface area contributed by atoms with Crippen molar-refractivity contribution < 1.29 is 28.2 Å². The Balaban J connectivity index is 1.51. The molecule has 0 aromatic rings. The first kappa shape index (κ1) is 20.1. The first-order valence-corrected chi connectivity index (χ1v) is 11.0. The number of Topliss-reactive ketones (excluding diaryl/α,β-unsaturated/α-hetero) is 1. The van der Waals surface area contributed by atoms with E-state index in [0.29, 0.717) is 12.0 Å². The first-order valence-electron chi connectivity index (χ1n) is 11.0. The maximum atomic E-state index is 15.4. The lowest BCUT2D eigenvalue weighted by molar-refractivity contribution is -0.149. The smallest absolute Gasteiger partial charge is 0.303 e. The number of esters is 1. The molecule has 0 aromatic heterocycles. The molecule has 5 nitrogen and oxygen atoms in total. The van der Waals surface area contributed by atoms with E-state index in [0.717, 1.165) is 12.8 Å². The number of rotatable bonds is 3. The van der Waals surface area contributed by atoms with E-state index >= 15 is 4.39 Å². The quantitative estimate of drug-likeness (QED) is 0.521. The van der Waals surface area contributed by atoms with Crippen molar-refractivity contribution >= 4 is 17.5 Å². The van der Waals surface area contributed by atoms with Crippen LogP contribution in [-0.4, -0.2) is 42.0 Å². The zero-order chi connectivity index (χ0) is 21.6. The van der Waals surface area contributed by atoms with Crippen LogP contribution in [0.25, 0.3) is 0 Å². The molecule has 4 fully saturated rings. The van der Waals surface area contributed by atoms with E-state index in [1.165, 1.54) is 13.0 Å². The molecule has 0 radical (unpaired) electrons. The molecule has 0 bridgehead atoms. The molecule has 0 unspecified atom stereocenters. The number of carbonyl (C=O) groups is 3. The van der Waals surface area contributed by atoms with Crippen LogP contribution >= 0.6 is 0 Å². The van der Waals surface area contributed by atoms with Crippen molar-refractivity contribution in [3.63, 3.8) is 0 Å². The van der Waals surface area contributed by atoms with Gasteiger partial charge in [-0.1, -0.05) is 19.9 Å². The lowest BCUT2D eigenvalue weighted by atomic mass is 9.47. The van der Waals surface area contributed by atoms with Crippen molar-refractivity contribution in [1.29, 1.82) is 0 Å². The van der Waals surface area contributed by atoms with Crippen molar-refractivity contribution in [2.24, 2.45) is 34.5 Å². The number of carbonyl (C=O) groups excluding carboxylic acids is 3. The van der Waals surface area contributed by atoms with Crippen molar-refractivity contribution in [3.05, 3.63) is 23.8 Å². The summed E-state index contributed by atoms with van der Waals surface area (Å²) in [6.07, 6.45) is 5.52. The first-order chi connectivity index (χ1) is 14.0. The fourth-order valence-electron chi connectivity index (χ4n) is 7.95. The van der Waals surface area contributed by atoms with E-state index in [4.69, 9.17) is 9.47 Å². The molecule has 0 aromatic carbocycles. The number of epoxide rings is 1. The minimum absolute atomic E-state index is 0.00905. The van der Waals surface area contributed by atoms with Gasteiger partial charge < -0.3 is 9.47 Å². The predicted molar refractivity (Wildman–Crippen MR) is 106 cm³/mol. The second kappa shape index (κ2) is 6.12. The van der Waals surface area contributed by atoms with E-state index in [1.54, 1.807) is 6.08 Å². The maximum absolute atomic E-state index is 15.4. The van der Waals surface area contributed by atoms with Gasteiger partial charge in [0, 0.05) is 18.3 Å². The Kier molecular flexibility index (Phi) is 4.10. The highest BCUT2D eigenvalue weighted by Gasteiger charge is 2.80. The summed E-state index contributed by atoms with van der Waals surface area (Å²) in [4.78, 5) is 36.2. The third-order valence-electron chi connectivity index (χ3n) is 9.03. The Morgan fingerprint density at radius 3 is 2.70 bits per heavy atom. The Labute approximate surface area is 176 Å². The lowest BCUT2D eigenvalue weighted by Gasteiger charge is -2.55. The SMILES string of the molecule is CC(=O)OCC(=O)[C@@H]1[C@H](C)C[C@@H]2[C@@H]3C[C@H](F)C4=CC(=O)C=C[C@@]4(C)[C@@]34O[C@H]4C[C@@]21C. The Bertz CT molecular complexity index is 907. The van der Waals surface area contributed by atoms with Gasteiger partial charge in [-0.3, -0.25) is 14.4 Å². The predicted octanol–water partition coefficient (Wildman–Crippen LogP) is 3.37. The number of halogens is 1. The van der Waals surface area contributed by atoms with Crippen molar-refractivity contribution in [2.75, 3.05) is 6.61 Å². The largest absolute Gasteiger partial charge is 0.458 e. The van der Waals surface area contributed by atoms with Gasteiger partial charge in [-0.05, 0) is 67.1 Å². The fourth-order valence-corrected chi connectivity index (χ4v) is 7.95. The Morgan fingerprint density at radius 1 is 1.27 bits per heavy atom. The van der Waals surface area contributed by atoms with Gasteiger partial charge in [-0.25, -0.2) is 4.39 Å². The maximum Gasteiger partial charge on any atom is 0.303 e. The van der Waals surface area contributed by atoms with Crippen LogP contribution in [-0.2, 0) is 23.9 Å². The molecular formula is C24H29FO5. The zero-order valence-corrected chi connectivity index (χ0v) is 17.9. The number of ether oxygens (including phenoxy) is 2. The lowest BCUT2D eigenvalue weighted by Crippen LogP contribution is -2.59. The number of ketones is 2. The van der Waals surface area contributed by atoms with Gasteiger partial charge >= 0.3 is 5.97 Å². The van der Waals surface area contributed by atoms with Crippen LogP contribution in [0.3, 0.4) is 0 Å². The van der Waals surface area contributed by atoms with Crippen LogP contribution in [0, 0.1) is 34.5 Å². The van der Waals surface area contributed by atoms with E-state index in [1.807, 2.05) is 13.0 Å². The summed E-state index contributed by atoms with van der Waals surface area (Å²) in [7, 11) is 0. The third kappa shape index (κ3) is 2.34. The van der Waals surface area contributed by atoms with E-state index in [-0.39, 0.29) is 53.4 Å². The summed E-state index contributed by atoms with van der Waals surface area (Å²) in [6.45, 7) is 7.34. The standard InChI is InChI=1S/C24H29FO5/c1-12-7-15-16-9-18(25)17-8-14(27)5-6-23(17,4)24(16)20(30-24)10-22(15,3)21(12)19(28)11-29-13(2)26/h5-6,8,12,15-16,18,20-21H,7,9-11H2,1-4H3/t12-,15-,16+,18+,20+,21+,22+,23-,24-/m1/s1. The monoisotopic (exact) mass is 416 g/mol. The van der Waals surface area contributed by atoms with Crippen molar-refractivity contribution in [2.45, 2.75) is 64.8 Å². The molecule has 6 heteroatoms. The van der Waals surface area contributed by atoms with Gasteiger partial charge in [0.2, 0.25) is 0 Å². The average Bonchev–Trinajstić information content (AvgIpc) is 3.31. The van der Waals surface area contributed by atoms with Crippen LogP contribution in [0.5, 0.6) is 0 Å². The highest BCUT2D eigenvalue weighted by molar-refractivity contribution is 6.01. The molecule has 9 atom stereocenters. The van der Waals surface area contributed by atoms with Gasteiger partial charge in [0.15, 0.2) is 11.6 Å². The molecule has 1 spiro atoms. The molecular weight excluding hydrogens is 387 g/mol.